The molecule has 1 amide bonds. The van der Waals surface area contributed by atoms with Gasteiger partial charge in [0.05, 0.1) is 6.42 Å². The summed E-state index contributed by atoms with van der Waals surface area (Å²) in [6, 6.07) is 11.1. The van der Waals surface area contributed by atoms with Crippen molar-refractivity contribution in [1.82, 2.24) is 14.9 Å². The minimum absolute atomic E-state index is 0.102. The van der Waals surface area contributed by atoms with Crippen molar-refractivity contribution in [3.63, 3.8) is 0 Å². The number of carbonyl (C=O) groups is 1. The number of benzene rings is 1. The molecule has 25 heavy (non-hydrogen) atoms. The second kappa shape index (κ2) is 7.49. The summed E-state index contributed by atoms with van der Waals surface area (Å²) in [5, 5.41) is 9.70. The zero-order chi connectivity index (χ0) is 17.8. The Bertz CT molecular complexity index is 807. The maximum atomic E-state index is 12.5. The first-order valence-electron chi connectivity index (χ1n) is 8.08. The summed E-state index contributed by atoms with van der Waals surface area (Å²) < 4.78 is 0. The van der Waals surface area contributed by atoms with Crippen LogP contribution in [0.15, 0.2) is 30.3 Å². The number of aryl methyl sites for hydroxylation is 1. The lowest BCUT2D eigenvalue weighted by Gasteiger charge is -2.35. The van der Waals surface area contributed by atoms with Gasteiger partial charge in [-0.1, -0.05) is 23.7 Å². The fourth-order valence-corrected chi connectivity index (χ4v) is 2.92. The van der Waals surface area contributed by atoms with Crippen molar-refractivity contribution in [3.8, 4) is 6.07 Å². The van der Waals surface area contributed by atoms with Crippen LogP contribution in [0.4, 0.5) is 5.95 Å². The molecule has 1 saturated heterocycles. The van der Waals surface area contributed by atoms with Crippen LogP contribution in [-0.4, -0.2) is 47.0 Å². The number of carbonyl (C=O) groups excluding carboxylic acids is 1. The molecule has 7 heteroatoms. The minimum atomic E-state index is 0.102. The molecule has 0 bridgehead atoms. The van der Waals surface area contributed by atoms with E-state index >= 15 is 0 Å². The summed E-state index contributed by atoms with van der Waals surface area (Å²) in [6.07, 6.45) is 0.372. The summed E-state index contributed by atoms with van der Waals surface area (Å²) >= 11 is 5.87. The minimum Gasteiger partial charge on any atom is -0.339 e. The van der Waals surface area contributed by atoms with E-state index in [4.69, 9.17) is 16.9 Å². The molecule has 0 spiro atoms. The number of hydrogen-bond acceptors (Lipinski definition) is 5. The quantitative estimate of drug-likeness (QED) is 0.843. The topological polar surface area (TPSA) is 73.1 Å². The van der Waals surface area contributed by atoms with E-state index in [2.05, 4.69) is 16.0 Å². The number of aromatic nitrogens is 2. The summed E-state index contributed by atoms with van der Waals surface area (Å²) in [6.45, 7) is 4.39. The molecule has 0 atom stereocenters. The van der Waals surface area contributed by atoms with Gasteiger partial charge in [-0.25, -0.2) is 9.97 Å². The molecule has 0 aliphatic carbocycles. The van der Waals surface area contributed by atoms with Gasteiger partial charge in [-0.3, -0.25) is 4.79 Å². The van der Waals surface area contributed by atoms with Crippen LogP contribution in [0.2, 0.25) is 5.02 Å². The van der Waals surface area contributed by atoms with E-state index in [1.807, 2.05) is 28.9 Å². The van der Waals surface area contributed by atoms with E-state index in [0.29, 0.717) is 49.3 Å². The number of piperazine rings is 1. The van der Waals surface area contributed by atoms with Crippen LogP contribution in [0.3, 0.4) is 0 Å². The average molecular weight is 356 g/mol. The highest BCUT2D eigenvalue weighted by molar-refractivity contribution is 6.30. The smallest absolute Gasteiger partial charge is 0.227 e. The molecule has 1 fully saturated rings. The summed E-state index contributed by atoms with van der Waals surface area (Å²) in [5.41, 5.74) is 2.09. The Hall–Kier alpha value is -2.65. The molecule has 3 rings (SSSR count). The Balaban J connectivity index is 1.60. The molecular weight excluding hydrogens is 338 g/mol. The highest BCUT2D eigenvalue weighted by Gasteiger charge is 2.23. The molecule has 1 aliphatic rings. The summed E-state index contributed by atoms with van der Waals surface area (Å²) in [5.74, 6) is 0.659. The predicted molar refractivity (Wildman–Crippen MR) is 95.4 cm³/mol. The van der Waals surface area contributed by atoms with Crippen molar-refractivity contribution in [1.29, 1.82) is 5.26 Å². The number of amides is 1. The molecule has 128 valence electrons. The molecule has 2 aromatic rings. The van der Waals surface area contributed by atoms with Gasteiger partial charge in [0, 0.05) is 36.9 Å². The van der Waals surface area contributed by atoms with E-state index in [-0.39, 0.29) is 5.91 Å². The fourth-order valence-electron chi connectivity index (χ4n) is 2.80. The van der Waals surface area contributed by atoms with Crippen molar-refractivity contribution in [3.05, 3.63) is 52.3 Å². The number of nitrogens with zero attached hydrogens (tertiary/aromatic N) is 5. The molecule has 0 N–H and O–H groups in total. The number of hydrogen-bond donors (Lipinski definition) is 0. The van der Waals surface area contributed by atoms with E-state index in [0.717, 1.165) is 11.3 Å². The van der Waals surface area contributed by atoms with Gasteiger partial charge in [-0.2, -0.15) is 5.26 Å². The number of halogens is 1. The molecule has 1 aromatic carbocycles. The van der Waals surface area contributed by atoms with Crippen LogP contribution in [0, 0.1) is 18.3 Å². The van der Waals surface area contributed by atoms with Gasteiger partial charge in [-0.05, 0) is 30.7 Å². The zero-order valence-electron chi connectivity index (χ0n) is 13.9. The van der Waals surface area contributed by atoms with Crippen molar-refractivity contribution in [2.24, 2.45) is 0 Å². The van der Waals surface area contributed by atoms with Crippen LogP contribution < -0.4 is 4.90 Å². The fraction of sp³-hybridized carbons (Fsp3) is 0.333. The molecule has 1 aromatic heterocycles. The summed E-state index contributed by atoms with van der Waals surface area (Å²) in [4.78, 5) is 25.0. The maximum Gasteiger partial charge on any atom is 0.227 e. The first-order valence-corrected chi connectivity index (χ1v) is 8.46. The lowest BCUT2D eigenvalue weighted by molar-refractivity contribution is -0.130. The van der Waals surface area contributed by atoms with Crippen LogP contribution in [0.1, 0.15) is 17.0 Å². The van der Waals surface area contributed by atoms with Crippen LogP contribution in [0.25, 0.3) is 0 Å². The first kappa shape index (κ1) is 17.2. The Labute approximate surface area is 151 Å². The highest BCUT2D eigenvalue weighted by atomic mass is 35.5. The third-order valence-corrected chi connectivity index (χ3v) is 4.39. The zero-order valence-corrected chi connectivity index (χ0v) is 14.7. The second-order valence-electron chi connectivity index (χ2n) is 5.98. The van der Waals surface area contributed by atoms with Gasteiger partial charge in [0.2, 0.25) is 11.9 Å². The van der Waals surface area contributed by atoms with Crippen LogP contribution >= 0.6 is 11.6 Å². The van der Waals surface area contributed by atoms with Crippen LogP contribution in [-0.2, 0) is 11.2 Å². The first-order chi connectivity index (χ1) is 12.0. The number of nitriles is 1. The van der Waals surface area contributed by atoms with E-state index in [9.17, 15) is 4.79 Å². The highest BCUT2D eigenvalue weighted by Crippen LogP contribution is 2.15. The normalized spacial score (nSPS) is 14.3. The Morgan fingerprint density at radius 3 is 2.52 bits per heavy atom. The van der Waals surface area contributed by atoms with E-state index in [1.165, 1.54) is 0 Å². The maximum absolute atomic E-state index is 12.5. The van der Waals surface area contributed by atoms with Crippen LogP contribution in [0.5, 0.6) is 0 Å². The van der Waals surface area contributed by atoms with Gasteiger partial charge in [-0.15, -0.1) is 0 Å². The summed E-state index contributed by atoms with van der Waals surface area (Å²) in [7, 11) is 0. The van der Waals surface area contributed by atoms with Crippen molar-refractivity contribution < 1.29 is 4.79 Å². The molecule has 0 radical (unpaired) electrons. The van der Waals surface area contributed by atoms with E-state index < -0.39 is 0 Å². The van der Waals surface area contributed by atoms with E-state index in [1.54, 1.807) is 18.2 Å². The van der Waals surface area contributed by atoms with Crippen molar-refractivity contribution in [2.75, 3.05) is 31.1 Å². The molecular formula is C18H18ClN5O. The SMILES string of the molecule is Cc1cc(C#N)nc(N2CCN(C(=O)Cc3ccc(Cl)cc3)CC2)n1. The Morgan fingerprint density at radius 1 is 1.20 bits per heavy atom. The Morgan fingerprint density at radius 2 is 1.88 bits per heavy atom. The molecule has 1 aliphatic heterocycles. The largest absolute Gasteiger partial charge is 0.339 e. The monoisotopic (exact) mass is 355 g/mol. The molecule has 0 unspecified atom stereocenters. The number of rotatable bonds is 3. The standard InChI is InChI=1S/C18H18ClN5O/c1-13-10-16(12-20)22-18(21-13)24-8-6-23(7-9-24)17(25)11-14-2-4-15(19)5-3-14/h2-5,10H,6-9,11H2,1H3. The predicted octanol–water partition coefficient (Wildman–Crippen LogP) is 2.20. The Kier molecular flexibility index (Phi) is 5.15. The molecule has 6 nitrogen and oxygen atoms in total. The van der Waals surface area contributed by atoms with Gasteiger partial charge in [0.1, 0.15) is 11.8 Å². The third kappa shape index (κ3) is 4.25. The third-order valence-electron chi connectivity index (χ3n) is 4.14. The lowest BCUT2D eigenvalue weighted by Crippen LogP contribution is -2.49. The second-order valence-corrected chi connectivity index (χ2v) is 6.41. The lowest BCUT2D eigenvalue weighted by atomic mass is 10.1. The average Bonchev–Trinajstić information content (AvgIpc) is 2.63. The number of anilines is 1. The van der Waals surface area contributed by atoms with Gasteiger partial charge in [0.25, 0.3) is 0 Å². The van der Waals surface area contributed by atoms with Gasteiger partial charge >= 0.3 is 0 Å². The van der Waals surface area contributed by atoms with Gasteiger partial charge in [0.15, 0.2) is 0 Å². The van der Waals surface area contributed by atoms with Crippen molar-refractivity contribution in [2.45, 2.75) is 13.3 Å². The van der Waals surface area contributed by atoms with Gasteiger partial charge < -0.3 is 9.80 Å². The van der Waals surface area contributed by atoms with Crippen molar-refractivity contribution >= 4 is 23.5 Å². The molecule has 2 heterocycles. The molecule has 0 saturated carbocycles.